The molecule has 0 spiro atoms. The van der Waals surface area contributed by atoms with Crippen LogP contribution in [-0.4, -0.2) is 53.3 Å². The average Bonchev–Trinajstić information content (AvgIpc) is 3.31. The fraction of sp³-hybridized carbons (Fsp3) is 0.357. The number of unbranched alkanes of at least 4 members (excludes halogenated alkanes) is 2. The summed E-state index contributed by atoms with van der Waals surface area (Å²) in [7, 11) is 4.75. The summed E-state index contributed by atoms with van der Waals surface area (Å²) in [6.45, 7) is 10.2. The zero-order chi connectivity index (χ0) is 47.8. The van der Waals surface area contributed by atoms with Gasteiger partial charge in [0.2, 0.25) is 0 Å². The van der Waals surface area contributed by atoms with E-state index in [4.69, 9.17) is 14.2 Å². The van der Waals surface area contributed by atoms with Crippen LogP contribution in [0.2, 0.25) is 0 Å². The molecule has 0 radical (unpaired) electrons. The lowest BCUT2D eigenvalue weighted by Crippen LogP contribution is -2.39. The Balaban J connectivity index is 0.000000303. The summed E-state index contributed by atoms with van der Waals surface area (Å²) in [5.41, 5.74) is 8.49. The number of alkyl halides is 2. The first-order valence-corrected chi connectivity index (χ1v) is 25.2. The predicted molar refractivity (Wildman–Crippen MR) is 287 cm³/mol. The van der Waals surface area contributed by atoms with E-state index < -0.39 is 5.41 Å². The molecule has 1 saturated carbocycles. The van der Waals surface area contributed by atoms with Crippen LogP contribution in [0, 0.1) is 40.0 Å². The fourth-order valence-electron chi connectivity index (χ4n) is 7.10. The lowest BCUT2D eigenvalue weighted by molar-refractivity contribution is -0.137. The van der Waals surface area contributed by atoms with Gasteiger partial charge in [0.15, 0.2) is 34.6 Å². The molecule has 1 fully saturated rings. The molecule has 7 nitrogen and oxygen atoms in total. The first kappa shape index (κ1) is 54.7. The lowest BCUT2D eigenvalue weighted by atomic mass is 9.68. The second kappa shape index (κ2) is 29.1. The van der Waals surface area contributed by atoms with Gasteiger partial charge in [-0.05, 0) is 162 Å². The van der Waals surface area contributed by atoms with Crippen molar-refractivity contribution in [2.75, 3.05) is 30.2 Å². The molecule has 65 heavy (non-hydrogen) atoms. The number of carbonyl (C=O) groups excluding carboxylic acids is 4. The molecule has 4 aromatic carbocycles. The van der Waals surface area contributed by atoms with Crippen molar-refractivity contribution >= 4 is 92.6 Å². The number of allylic oxidation sites excluding steroid dienone is 4. The summed E-state index contributed by atoms with van der Waals surface area (Å²) in [6, 6.07) is 23.3. The number of aryl methyl sites for hydroxylation is 5. The maximum atomic E-state index is 13.3. The third-order valence-corrected chi connectivity index (χ3v) is 13.0. The van der Waals surface area contributed by atoms with Gasteiger partial charge in [-0.1, -0.05) is 150 Å². The van der Waals surface area contributed by atoms with Crippen molar-refractivity contribution in [1.29, 1.82) is 0 Å². The average molecular weight is 1100 g/mol. The molecule has 0 aliphatic heterocycles. The van der Waals surface area contributed by atoms with Crippen LogP contribution < -0.4 is 14.2 Å². The Hall–Kier alpha value is -4.62. The van der Waals surface area contributed by atoms with Crippen molar-refractivity contribution in [1.82, 2.24) is 0 Å². The van der Waals surface area contributed by atoms with E-state index in [1.165, 1.54) is 62.5 Å². The molecular weight excluding hydrogens is 1040 g/mol. The Labute approximate surface area is 415 Å². The van der Waals surface area contributed by atoms with Crippen LogP contribution in [-0.2, 0) is 19.2 Å². The molecule has 1 aliphatic rings. The molecule has 346 valence electrons. The maximum absolute atomic E-state index is 13.3. The topological polar surface area (TPSA) is 96.0 Å². The second-order valence-corrected chi connectivity index (χ2v) is 18.4. The summed E-state index contributed by atoms with van der Waals surface area (Å²) in [4.78, 5) is 50.6. The molecular formula is C56H66I2O7. The van der Waals surface area contributed by atoms with Crippen molar-refractivity contribution in [2.45, 2.75) is 92.4 Å². The summed E-state index contributed by atoms with van der Waals surface area (Å²) >= 11 is 4.85. The summed E-state index contributed by atoms with van der Waals surface area (Å²) in [5, 5.41) is 0. The van der Waals surface area contributed by atoms with Gasteiger partial charge in [-0.2, -0.15) is 0 Å². The molecule has 0 heterocycles. The summed E-state index contributed by atoms with van der Waals surface area (Å²) in [5.74, 6) is 1.33. The molecule has 0 N–H and O–H groups in total. The van der Waals surface area contributed by atoms with E-state index in [1.807, 2.05) is 75.4 Å². The van der Waals surface area contributed by atoms with E-state index in [0.29, 0.717) is 24.3 Å². The Bertz CT molecular complexity index is 2320. The standard InChI is InChI=1S/C28H32O3.C23H24O4.C5H10I2/c1-20-8-10-23(18-22(20)3)12-14-26(29)28(16-6-5-7-17-28)27(30)15-13-24-11-9-21(2)25(19-24)31-4;1-16-5-6-18(13-17(16)2)7-10-20(24)15-21(25)11-8-19-9-12-22(26-3)23(14-19)27-4;6-4-2-1-3-5-7/h8-15,18-19H,5-7,16-17H2,1-4H3;5-14H,15H2,1-4H3;1-5H2/b14-12+,15-13+;10-7+,11-8+;. The van der Waals surface area contributed by atoms with Gasteiger partial charge in [-0.3, -0.25) is 19.2 Å². The van der Waals surface area contributed by atoms with Crippen LogP contribution in [0.4, 0.5) is 0 Å². The Morgan fingerprint density at radius 1 is 0.477 bits per heavy atom. The van der Waals surface area contributed by atoms with E-state index in [0.717, 1.165) is 52.8 Å². The minimum Gasteiger partial charge on any atom is -0.496 e. The SMILES string of the molecule is COc1cc(/C=C/C(=O)C2(C(=O)/C=C/c3ccc(C)c(C)c3)CCCCC2)ccc1C.COc1ccc(/C=C/C(=O)CC(=O)/C=C/c2ccc(C)c(C)c2)cc1OC.ICCCCCI. The van der Waals surface area contributed by atoms with Crippen LogP contribution in [0.5, 0.6) is 17.2 Å². The van der Waals surface area contributed by atoms with E-state index in [2.05, 4.69) is 71.2 Å². The normalized spacial score (nSPS) is 13.3. The van der Waals surface area contributed by atoms with Crippen LogP contribution in [0.1, 0.15) is 108 Å². The molecule has 1 aliphatic carbocycles. The first-order valence-electron chi connectivity index (χ1n) is 22.2. The quantitative estimate of drug-likeness (QED) is 0.0303. The number of methoxy groups -OCH3 is 3. The molecule has 0 aromatic heterocycles. The molecule has 0 bridgehead atoms. The number of benzene rings is 4. The van der Waals surface area contributed by atoms with Crippen molar-refractivity contribution in [3.05, 3.63) is 147 Å². The molecule has 9 heteroatoms. The lowest BCUT2D eigenvalue weighted by Gasteiger charge is -2.32. The largest absolute Gasteiger partial charge is 0.496 e. The molecule has 0 unspecified atom stereocenters. The summed E-state index contributed by atoms with van der Waals surface area (Å²) in [6.07, 6.45) is 21.3. The number of hydrogen-bond acceptors (Lipinski definition) is 7. The molecule has 0 atom stereocenters. The van der Waals surface area contributed by atoms with Crippen LogP contribution in [0.25, 0.3) is 24.3 Å². The van der Waals surface area contributed by atoms with Crippen molar-refractivity contribution in [3.63, 3.8) is 0 Å². The summed E-state index contributed by atoms with van der Waals surface area (Å²) < 4.78 is 18.4. The zero-order valence-corrected chi connectivity index (χ0v) is 43.8. The Morgan fingerprint density at radius 3 is 1.31 bits per heavy atom. The molecule has 0 saturated heterocycles. The number of carbonyl (C=O) groups is 4. The van der Waals surface area contributed by atoms with E-state index >= 15 is 0 Å². The molecule has 5 rings (SSSR count). The van der Waals surface area contributed by atoms with Gasteiger partial charge >= 0.3 is 0 Å². The first-order chi connectivity index (χ1) is 31.2. The zero-order valence-electron chi connectivity index (χ0n) is 39.4. The highest BCUT2D eigenvalue weighted by Crippen LogP contribution is 2.39. The number of ketones is 4. The third kappa shape index (κ3) is 18.3. The van der Waals surface area contributed by atoms with Gasteiger partial charge in [0, 0.05) is 0 Å². The smallest absolute Gasteiger partial charge is 0.169 e. The number of ether oxygens (including phenoxy) is 3. The van der Waals surface area contributed by atoms with Gasteiger partial charge < -0.3 is 14.2 Å². The van der Waals surface area contributed by atoms with Gasteiger partial charge in [-0.25, -0.2) is 0 Å². The highest BCUT2D eigenvalue weighted by Gasteiger charge is 2.43. The van der Waals surface area contributed by atoms with Crippen molar-refractivity contribution in [3.8, 4) is 17.2 Å². The van der Waals surface area contributed by atoms with Gasteiger partial charge in [0.1, 0.15) is 5.75 Å². The fourth-order valence-corrected chi connectivity index (χ4v) is 8.18. The second-order valence-electron chi connectivity index (χ2n) is 16.3. The van der Waals surface area contributed by atoms with E-state index in [-0.39, 0.29) is 29.6 Å². The minimum atomic E-state index is -0.945. The van der Waals surface area contributed by atoms with Crippen molar-refractivity contribution < 1.29 is 33.4 Å². The van der Waals surface area contributed by atoms with Gasteiger partial charge in [-0.15, -0.1) is 0 Å². The van der Waals surface area contributed by atoms with Crippen LogP contribution in [0.3, 0.4) is 0 Å². The molecule has 0 amide bonds. The Kier molecular flexibility index (Phi) is 24.5. The Morgan fingerprint density at radius 2 is 0.877 bits per heavy atom. The predicted octanol–water partition coefficient (Wildman–Crippen LogP) is 14.0. The van der Waals surface area contributed by atoms with Gasteiger partial charge in [0.25, 0.3) is 0 Å². The highest BCUT2D eigenvalue weighted by atomic mass is 127. The van der Waals surface area contributed by atoms with Crippen molar-refractivity contribution in [2.24, 2.45) is 5.41 Å². The van der Waals surface area contributed by atoms with Crippen LogP contribution in [0.15, 0.2) is 97.1 Å². The van der Waals surface area contributed by atoms with E-state index in [1.54, 1.807) is 63.8 Å². The number of halogens is 2. The van der Waals surface area contributed by atoms with Gasteiger partial charge in [0.05, 0.1) is 33.2 Å². The van der Waals surface area contributed by atoms with Crippen LogP contribution >= 0.6 is 45.2 Å². The van der Waals surface area contributed by atoms with E-state index in [9.17, 15) is 19.2 Å². The number of rotatable bonds is 19. The minimum absolute atomic E-state index is 0.0819. The monoisotopic (exact) mass is 1100 g/mol. The number of hydrogen-bond donors (Lipinski definition) is 0. The molecule has 4 aromatic rings. The third-order valence-electron chi connectivity index (χ3n) is 11.4. The highest BCUT2D eigenvalue weighted by molar-refractivity contribution is 14.1. The maximum Gasteiger partial charge on any atom is 0.169 e.